The fourth-order valence-electron chi connectivity index (χ4n) is 1.29. The van der Waals surface area contributed by atoms with Crippen molar-refractivity contribution in [3.05, 3.63) is 18.1 Å². The van der Waals surface area contributed by atoms with Crippen molar-refractivity contribution in [3.63, 3.8) is 0 Å². The normalized spacial score (nSPS) is 14.4. The molecule has 71 valence electrons. The molecule has 0 N–H and O–H groups in total. The largest absolute Gasteiger partial charge is 0.308 e. The minimum absolute atomic E-state index is 0. The van der Waals surface area contributed by atoms with Gasteiger partial charge in [-0.2, -0.15) is 11.5 Å². The van der Waals surface area contributed by atoms with E-state index < -0.39 is 0 Å². The Bertz CT molecular complexity index is 321. The van der Waals surface area contributed by atoms with Gasteiger partial charge in [0.15, 0.2) is 5.82 Å². The van der Waals surface area contributed by atoms with Crippen LogP contribution in [0.2, 0.25) is 0 Å². The fraction of sp³-hybridized carbons (Fsp3) is 0.500. The Morgan fingerprint density at radius 1 is 1.62 bits per heavy atom. The van der Waals surface area contributed by atoms with Crippen molar-refractivity contribution >= 4 is 5.91 Å². The van der Waals surface area contributed by atoms with E-state index in [0.717, 1.165) is 30.9 Å². The Kier molecular flexibility index (Phi) is 3.23. The van der Waals surface area contributed by atoms with Crippen LogP contribution in [-0.4, -0.2) is 20.7 Å². The van der Waals surface area contributed by atoms with Crippen LogP contribution in [0.15, 0.2) is 0 Å². The van der Waals surface area contributed by atoms with Gasteiger partial charge in [-0.3, -0.25) is 0 Å². The molecule has 1 aromatic heterocycles. The van der Waals surface area contributed by atoms with Crippen molar-refractivity contribution in [1.29, 1.82) is 0 Å². The van der Waals surface area contributed by atoms with Gasteiger partial charge in [-0.05, 0) is 6.42 Å². The molecular weight excluding hydrogens is 340 g/mol. The SMILES string of the molecule is CCc1nc2n(n1)C(=O)[CH-]CC2.[Re]. The zero-order chi connectivity index (χ0) is 8.55. The molecule has 0 unspecified atom stereocenters. The second kappa shape index (κ2) is 4.03. The number of carbonyl (C=O) groups is 1. The summed E-state index contributed by atoms with van der Waals surface area (Å²) >= 11 is 0. The predicted octanol–water partition coefficient (Wildman–Crippen LogP) is 0.629. The van der Waals surface area contributed by atoms with Crippen LogP contribution in [0.25, 0.3) is 0 Å². The standard InChI is InChI=1S/C8H10N3O.Re/c1-2-6-9-7-4-3-5-8(12)11(7)10-6;/h5H,2-4H2,1H3;/q-1;. The van der Waals surface area contributed by atoms with Gasteiger partial charge in [-0.1, -0.05) is 6.92 Å². The van der Waals surface area contributed by atoms with Gasteiger partial charge in [0.1, 0.15) is 11.7 Å². The first-order chi connectivity index (χ1) is 5.81. The molecule has 0 amide bonds. The van der Waals surface area contributed by atoms with Crippen molar-refractivity contribution in [2.45, 2.75) is 26.2 Å². The van der Waals surface area contributed by atoms with E-state index in [1.807, 2.05) is 6.92 Å². The number of hydrogen-bond acceptors (Lipinski definition) is 3. The van der Waals surface area contributed by atoms with Crippen molar-refractivity contribution < 1.29 is 25.2 Å². The number of nitrogens with zero attached hydrogens (tertiary/aromatic N) is 3. The van der Waals surface area contributed by atoms with Crippen LogP contribution in [0.3, 0.4) is 0 Å². The molecule has 0 saturated carbocycles. The zero-order valence-corrected chi connectivity index (χ0v) is 10.0. The Morgan fingerprint density at radius 2 is 2.38 bits per heavy atom. The molecule has 2 rings (SSSR count). The first kappa shape index (κ1) is 10.4. The maximum atomic E-state index is 11.2. The Labute approximate surface area is 90.4 Å². The number of aryl methyl sites for hydroxylation is 2. The average molecular weight is 350 g/mol. The van der Waals surface area contributed by atoms with Gasteiger partial charge in [0, 0.05) is 26.8 Å². The summed E-state index contributed by atoms with van der Waals surface area (Å²) in [5.74, 6) is 1.52. The molecule has 0 spiro atoms. The molecule has 1 radical (unpaired) electrons. The maximum absolute atomic E-state index is 11.2. The van der Waals surface area contributed by atoms with Crippen LogP contribution in [0.5, 0.6) is 0 Å². The van der Waals surface area contributed by atoms with E-state index in [4.69, 9.17) is 0 Å². The van der Waals surface area contributed by atoms with E-state index in [9.17, 15) is 4.79 Å². The topological polar surface area (TPSA) is 47.8 Å². The second-order valence-corrected chi connectivity index (χ2v) is 2.79. The van der Waals surface area contributed by atoms with E-state index in [-0.39, 0.29) is 26.3 Å². The van der Waals surface area contributed by atoms with Gasteiger partial charge in [-0.25, -0.2) is 9.67 Å². The summed E-state index contributed by atoms with van der Waals surface area (Å²) in [6, 6.07) is 0. The smallest absolute Gasteiger partial charge is 0.151 e. The van der Waals surface area contributed by atoms with E-state index in [1.54, 1.807) is 6.42 Å². The molecule has 1 aromatic rings. The molecular formula is C8H10N3ORe-. The molecule has 13 heavy (non-hydrogen) atoms. The van der Waals surface area contributed by atoms with Crippen molar-refractivity contribution in [3.8, 4) is 0 Å². The van der Waals surface area contributed by atoms with Crippen molar-refractivity contribution in [1.82, 2.24) is 14.8 Å². The monoisotopic (exact) mass is 351 g/mol. The second-order valence-electron chi connectivity index (χ2n) is 2.79. The quantitative estimate of drug-likeness (QED) is 0.698. The molecule has 0 aromatic carbocycles. The third-order valence-corrected chi connectivity index (χ3v) is 1.93. The molecule has 2 heterocycles. The van der Waals surface area contributed by atoms with Gasteiger partial charge in [0.25, 0.3) is 0 Å². The van der Waals surface area contributed by atoms with E-state index >= 15 is 0 Å². The van der Waals surface area contributed by atoms with Crippen LogP contribution in [0.4, 0.5) is 0 Å². The third kappa shape index (κ3) is 1.82. The van der Waals surface area contributed by atoms with E-state index in [1.165, 1.54) is 4.68 Å². The summed E-state index contributed by atoms with van der Waals surface area (Å²) in [5, 5.41) is 4.08. The zero-order valence-electron chi connectivity index (χ0n) is 7.33. The van der Waals surface area contributed by atoms with Crippen molar-refractivity contribution in [2.24, 2.45) is 0 Å². The van der Waals surface area contributed by atoms with Crippen LogP contribution >= 0.6 is 0 Å². The first-order valence-electron chi connectivity index (χ1n) is 4.13. The van der Waals surface area contributed by atoms with Crippen LogP contribution < -0.4 is 0 Å². The molecule has 1 aliphatic rings. The van der Waals surface area contributed by atoms with Crippen LogP contribution in [-0.2, 0) is 33.3 Å². The number of carbonyl (C=O) groups excluding carboxylic acids is 1. The van der Waals surface area contributed by atoms with E-state index in [0.29, 0.717) is 0 Å². The summed E-state index contributed by atoms with van der Waals surface area (Å²) in [6.45, 7) is 1.98. The maximum Gasteiger partial charge on any atom is 0.151 e. The molecule has 1 aliphatic heterocycles. The van der Waals surface area contributed by atoms with Gasteiger partial charge in [-0.15, -0.1) is 0 Å². The van der Waals surface area contributed by atoms with Gasteiger partial charge in [0.2, 0.25) is 0 Å². The summed E-state index contributed by atoms with van der Waals surface area (Å²) < 4.78 is 1.41. The summed E-state index contributed by atoms with van der Waals surface area (Å²) in [7, 11) is 0. The average Bonchev–Trinajstić information content (AvgIpc) is 2.49. The Morgan fingerprint density at radius 3 is 3.00 bits per heavy atom. The number of aromatic nitrogens is 3. The predicted molar refractivity (Wildman–Crippen MR) is 42.6 cm³/mol. The molecule has 5 heteroatoms. The Balaban J connectivity index is 0.000000845. The van der Waals surface area contributed by atoms with Gasteiger partial charge < -0.3 is 11.2 Å². The number of fused-ring (bicyclic) bond motifs is 1. The molecule has 0 bridgehead atoms. The van der Waals surface area contributed by atoms with Crippen molar-refractivity contribution in [2.75, 3.05) is 0 Å². The first-order valence-corrected chi connectivity index (χ1v) is 4.13. The number of hydrogen-bond donors (Lipinski definition) is 0. The molecule has 0 fully saturated rings. The molecule has 0 saturated heterocycles. The third-order valence-electron chi connectivity index (χ3n) is 1.93. The van der Waals surface area contributed by atoms with E-state index in [2.05, 4.69) is 10.1 Å². The minimum Gasteiger partial charge on any atom is -0.308 e. The fourth-order valence-corrected chi connectivity index (χ4v) is 1.29. The minimum atomic E-state index is -0.0385. The van der Waals surface area contributed by atoms with Crippen LogP contribution in [0.1, 0.15) is 29.8 Å². The molecule has 0 aliphatic carbocycles. The van der Waals surface area contributed by atoms with Gasteiger partial charge >= 0.3 is 0 Å². The van der Waals surface area contributed by atoms with Crippen LogP contribution in [0, 0.1) is 6.42 Å². The molecule has 4 nitrogen and oxygen atoms in total. The summed E-state index contributed by atoms with van der Waals surface area (Å²) in [5.41, 5.74) is 0. The number of rotatable bonds is 1. The Hall–Kier alpha value is -0.658. The molecule has 0 atom stereocenters. The van der Waals surface area contributed by atoms with Gasteiger partial charge in [0.05, 0.1) is 0 Å². The summed E-state index contributed by atoms with van der Waals surface area (Å²) in [6.07, 6.45) is 4.06. The summed E-state index contributed by atoms with van der Waals surface area (Å²) in [4.78, 5) is 15.5.